The molecule has 5 heteroatoms. The highest BCUT2D eigenvalue weighted by atomic mass is 79.9. The molecule has 0 fully saturated rings. The van der Waals surface area contributed by atoms with Gasteiger partial charge >= 0.3 is 5.97 Å². The summed E-state index contributed by atoms with van der Waals surface area (Å²) in [6, 6.07) is 4.41. The number of aromatic hydroxyl groups is 1. The van der Waals surface area contributed by atoms with Gasteiger partial charge in [0.1, 0.15) is 5.75 Å². The van der Waals surface area contributed by atoms with Gasteiger partial charge in [0.15, 0.2) is 5.78 Å². The first-order chi connectivity index (χ1) is 7.58. The van der Waals surface area contributed by atoms with Crippen molar-refractivity contribution in [3.05, 3.63) is 29.3 Å². The molecular weight excluding hydrogens is 276 g/mol. The molecule has 0 heterocycles. The number of phenolic OH excluding ortho intramolecular Hbond substituents is 1. The number of benzene rings is 1. The lowest BCUT2D eigenvalue weighted by atomic mass is 10.0. The summed E-state index contributed by atoms with van der Waals surface area (Å²) >= 11 is 3.06. The maximum atomic E-state index is 11.4. The van der Waals surface area contributed by atoms with Crippen molar-refractivity contribution in [1.29, 1.82) is 0 Å². The number of alkyl halides is 1. The van der Waals surface area contributed by atoms with Gasteiger partial charge in [-0.05, 0) is 18.2 Å². The van der Waals surface area contributed by atoms with Gasteiger partial charge in [0.25, 0.3) is 0 Å². The average Bonchev–Trinajstić information content (AvgIpc) is 2.30. The number of carbonyl (C=O) groups is 2. The summed E-state index contributed by atoms with van der Waals surface area (Å²) in [5, 5.41) is 9.71. The second-order valence-electron chi connectivity index (χ2n) is 3.15. The Labute approximate surface area is 101 Å². The predicted molar refractivity (Wildman–Crippen MR) is 62.0 cm³/mol. The molecule has 0 saturated carbocycles. The largest absolute Gasteiger partial charge is 0.508 e. The fourth-order valence-corrected chi connectivity index (χ4v) is 1.53. The zero-order valence-corrected chi connectivity index (χ0v) is 10.3. The summed E-state index contributed by atoms with van der Waals surface area (Å²) in [4.78, 5) is 22.4. The molecule has 0 aliphatic rings. The van der Waals surface area contributed by atoms with Gasteiger partial charge in [-0.2, -0.15) is 0 Å². The van der Waals surface area contributed by atoms with E-state index in [1.54, 1.807) is 0 Å². The normalized spacial score (nSPS) is 9.88. The molecule has 1 rings (SSSR count). The topological polar surface area (TPSA) is 63.6 Å². The Kier molecular flexibility index (Phi) is 4.49. The number of rotatable bonds is 4. The molecule has 0 saturated heterocycles. The molecule has 0 unspecified atom stereocenters. The fraction of sp³-hybridized carbons (Fsp3) is 0.273. The Morgan fingerprint density at radius 2 is 2.12 bits per heavy atom. The van der Waals surface area contributed by atoms with Crippen LogP contribution in [0.2, 0.25) is 0 Å². The van der Waals surface area contributed by atoms with E-state index in [-0.39, 0.29) is 23.3 Å². The minimum absolute atomic E-state index is 0.0171. The fourth-order valence-electron chi connectivity index (χ4n) is 1.21. The predicted octanol–water partition coefficient (Wildman–Crippen LogP) is 1.69. The highest BCUT2D eigenvalue weighted by molar-refractivity contribution is 9.09. The van der Waals surface area contributed by atoms with Crippen molar-refractivity contribution in [1.82, 2.24) is 0 Å². The number of methoxy groups -OCH3 is 1. The third-order valence-corrected chi connectivity index (χ3v) is 2.59. The maximum absolute atomic E-state index is 11.4. The number of halogens is 1. The first-order valence-electron chi connectivity index (χ1n) is 4.56. The van der Waals surface area contributed by atoms with Gasteiger partial charge in [0, 0.05) is 11.1 Å². The quantitative estimate of drug-likeness (QED) is 0.520. The Bertz CT molecular complexity index is 414. The molecule has 0 aromatic heterocycles. The van der Waals surface area contributed by atoms with Crippen LogP contribution in [0.4, 0.5) is 0 Å². The lowest BCUT2D eigenvalue weighted by Crippen LogP contribution is -2.06. The van der Waals surface area contributed by atoms with E-state index in [0.717, 1.165) is 0 Å². The van der Waals surface area contributed by atoms with Gasteiger partial charge in [-0.3, -0.25) is 9.59 Å². The summed E-state index contributed by atoms with van der Waals surface area (Å²) in [6.07, 6.45) is -0.0499. The third-order valence-electron chi connectivity index (χ3n) is 2.09. The van der Waals surface area contributed by atoms with Gasteiger partial charge in [-0.15, -0.1) is 0 Å². The van der Waals surface area contributed by atoms with Crippen molar-refractivity contribution in [3.63, 3.8) is 0 Å². The van der Waals surface area contributed by atoms with Crippen LogP contribution in [0.15, 0.2) is 18.2 Å². The highest BCUT2D eigenvalue weighted by Crippen LogP contribution is 2.20. The van der Waals surface area contributed by atoms with Gasteiger partial charge in [0.05, 0.1) is 18.9 Å². The Balaban J connectivity index is 2.99. The molecule has 0 spiro atoms. The maximum Gasteiger partial charge on any atom is 0.310 e. The number of ketones is 1. The molecule has 0 aliphatic heterocycles. The van der Waals surface area contributed by atoms with E-state index in [1.807, 2.05) is 0 Å². The van der Waals surface area contributed by atoms with Crippen LogP contribution in [-0.4, -0.2) is 29.3 Å². The molecule has 0 atom stereocenters. The van der Waals surface area contributed by atoms with E-state index >= 15 is 0 Å². The number of ether oxygens (including phenoxy) is 1. The SMILES string of the molecule is COC(=O)Cc1cc(C(=O)CBr)ccc1O. The van der Waals surface area contributed by atoms with E-state index in [1.165, 1.54) is 25.3 Å². The Morgan fingerprint density at radius 1 is 1.44 bits per heavy atom. The van der Waals surface area contributed by atoms with Crippen LogP contribution < -0.4 is 0 Å². The number of Topliss-reactive ketones (excluding diaryl/α,β-unsaturated/α-hetero) is 1. The summed E-state index contributed by atoms with van der Waals surface area (Å²) < 4.78 is 4.49. The minimum Gasteiger partial charge on any atom is -0.508 e. The molecule has 0 aliphatic carbocycles. The van der Waals surface area contributed by atoms with E-state index in [2.05, 4.69) is 20.7 Å². The molecule has 0 amide bonds. The van der Waals surface area contributed by atoms with Crippen molar-refractivity contribution in [3.8, 4) is 5.75 Å². The minimum atomic E-state index is -0.459. The number of carbonyl (C=O) groups excluding carboxylic acids is 2. The van der Waals surface area contributed by atoms with Crippen molar-refractivity contribution < 1.29 is 19.4 Å². The highest BCUT2D eigenvalue weighted by Gasteiger charge is 2.11. The van der Waals surface area contributed by atoms with E-state index < -0.39 is 5.97 Å². The van der Waals surface area contributed by atoms with Crippen LogP contribution in [0.25, 0.3) is 0 Å². The van der Waals surface area contributed by atoms with Crippen molar-refractivity contribution in [2.75, 3.05) is 12.4 Å². The molecule has 4 nitrogen and oxygen atoms in total. The molecule has 1 aromatic rings. The number of esters is 1. The lowest BCUT2D eigenvalue weighted by molar-refractivity contribution is -0.139. The van der Waals surface area contributed by atoms with Crippen LogP contribution in [0, 0.1) is 0 Å². The van der Waals surface area contributed by atoms with Gasteiger partial charge in [-0.25, -0.2) is 0 Å². The molecule has 0 bridgehead atoms. The number of phenols is 1. The molecule has 0 radical (unpaired) electrons. The molecular formula is C11H11BrO4. The second kappa shape index (κ2) is 5.65. The smallest absolute Gasteiger partial charge is 0.310 e. The molecule has 1 N–H and O–H groups in total. The molecule has 16 heavy (non-hydrogen) atoms. The Hall–Kier alpha value is -1.36. The third kappa shape index (κ3) is 3.06. The van der Waals surface area contributed by atoms with Crippen molar-refractivity contribution >= 4 is 27.7 Å². The van der Waals surface area contributed by atoms with E-state index in [9.17, 15) is 14.7 Å². The van der Waals surface area contributed by atoms with Crippen molar-refractivity contribution in [2.45, 2.75) is 6.42 Å². The van der Waals surface area contributed by atoms with Crippen molar-refractivity contribution in [2.24, 2.45) is 0 Å². The number of hydrogen-bond acceptors (Lipinski definition) is 4. The average molecular weight is 287 g/mol. The summed E-state index contributed by atoms with van der Waals surface area (Å²) in [5.74, 6) is -0.582. The zero-order chi connectivity index (χ0) is 12.1. The Morgan fingerprint density at radius 3 is 2.69 bits per heavy atom. The number of hydrogen-bond donors (Lipinski definition) is 1. The van der Waals surface area contributed by atoms with Gasteiger partial charge in [0.2, 0.25) is 0 Å². The summed E-state index contributed by atoms with van der Waals surface area (Å²) in [5.41, 5.74) is 0.840. The first kappa shape index (κ1) is 12.7. The zero-order valence-electron chi connectivity index (χ0n) is 8.70. The van der Waals surface area contributed by atoms with Crippen LogP contribution in [0.5, 0.6) is 5.75 Å². The molecule has 86 valence electrons. The standard InChI is InChI=1S/C11H11BrO4/c1-16-11(15)5-8-4-7(10(14)6-12)2-3-9(8)13/h2-4,13H,5-6H2,1H3. The summed E-state index contributed by atoms with van der Waals surface area (Å²) in [6.45, 7) is 0. The summed E-state index contributed by atoms with van der Waals surface area (Å²) in [7, 11) is 1.27. The van der Waals surface area contributed by atoms with Gasteiger partial charge < -0.3 is 9.84 Å². The lowest BCUT2D eigenvalue weighted by Gasteiger charge is -2.05. The van der Waals surface area contributed by atoms with Crippen LogP contribution in [-0.2, 0) is 16.0 Å². The second-order valence-corrected chi connectivity index (χ2v) is 3.71. The first-order valence-corrected chi connectivity index (χ1v) is 5.68. The monoisotopic (exact) mass is 286 g/mol. The van der Waals surface area contributed by atoms with Crippen LogP contribution >= 0.6 is 15.9 Å². The van der Waals surface area contributed by atoms with Crippen LogP contribution in [0.1, 0.15) is 15.9 Å². The van der Waals surface area contributed by atoms with E-state index in [4.69, 9.17) is 0 Å². The van der Waals surface area contributed by atoms with Crippen LogP contribution in [0.3, 0.4) is 0 Å². The van der Waals surface area contributed by atoms with Gasteiger partial charge in [-0.1, -0.05) is 15.9 Å². The molecule has 1 aromatic carbocycles. The van der Waals surface area contributed by atoms with E-state index in [0.29, 0.717) is 11.1 Å².